The van der Waals surface area contributed by atoms with Gasteiger partial charge in [-0.3, -0.25) is 4.79 Å². The summed E-state index contributed by atoms with van der Waals surface area (Å²) in [5.74, 6) is 1.01. The Morgan fingerprint density at radius 3 is 2.81 bits per heavy atom. The Balaban J connectivity index is 1.29. The lowest BCUT2D eigenvalue weighted by Crippen LogP contribution is -2.43. The van der Waals surface area contributed by atoms with Gasteiger partial charge >= 0.3 is 5.97 Å². The van der Waals surface area contributed by atoms with Gasteiger partial charge in [0.1, 0.15) is 18.2 Å². The average molecular weight is 500 g/mol. The summed E-state index contributed by atoms with van der Waals surface area (Å²) < 4.78 is 11.9. The first-order valence-electron chi connectivity index (χ1n) is 12.9. The molecule has 1 aliphatic carbocycles. The standard InChI is InChI=1S/C30H33N3O4/c1-18-6-4-7-23(28(18)37-16-20-10-19(2)24-14-31-13-21(24)11-20)25-8-5-9-27(32-25)33-15-22-12-30(22,29(34)35)26(33)17-36-3/h4-11,22,26,31H,12-17H2,1-3H3,(H,34,35)/t22-,26+,30+/m0/s1. The molecule has 3 heterocycles. The van der Waals surface area contributed by atoms with Gasteiger partial charge in [0.2, 0.25) is 0 Å². The van der Waals surface area contributed by atoms with Crippen molar-refractivity contribution >= 4 is 11.8 Å². The molecule has 3 aliphatic rings. The van der Waals surface area contributed by atoms with E-state index in [0.717, 1.165) is 47.0 Å². The number of nitrogens with zero attached hydrogens (tertiary/aromatic N) is 2. The van der Waals surface area contributed by atoms with Crippen molar-refractivity contribution in [3.05, 3.63) is 76.3 Å². The molecule has 2 aromatic carbocycles. The van der Waals surface area contributed by atoms with E-state index in [2.05, 4.69) is 42.3 Å². The lowest BCUT2D eigenvalue weighted by molar-refractivity contribution is -0.144. The van der Waals surface area contributed by atoms with Crippen LogP contribution in [0.5, 0.6) is 5.75 Å². The Labute approximate surface area is 217 Å². The molecule has 0 spiro atoms. The quantitative estimate of drug-likeness (QED) is 0.473. The van der Waals surface area contributed by atoms with Crippen LogP contribution >= 0.6 is 0 Å². The molecule has 1 saturated carbocycles. The Kier molecular flexibility index (Phi) is 5.92. The van der Waals surface area contributed by atoms with E-state index in [-0.39, 0.29) is 12.0 Å². The topological polar surface area (TPSA) is 83.9 Å². The van der Waals surface area contributed by atoms with E-state index in [1.165, 1.54) is 16.7 Å². The summed E-state index contributed by atoms with van der Waals surface area (Å²) in [6.07, 6.45) is 0.709. The summed E-state index contributed by atoms with van der Waals surface area (Å²) in [6, 6.07) is 16.3. The molecule has 2 N–H and O–H groups in total. The third-order valence-corrected chi connectivity index (χ3v) is 8.41. The highest BCUT2D eigenvalue weighted by Crippen LogP contribution is 2.62. The zero-order valence-corrected chi connectivity index (χ0v) is 21.6. The van der Waals surface area contributed by atoms with Gasteiger partial charge in [0.25, 0.3) is 0 Å². The van der Waals surface area contributed by atoms with Crippen LogP contribution in [0.3, 0.4) is 0 Å². The number of ether oxygens (including phenoxy) is 2. The van der Waals surface area contributed by atoms with Gasteiger partial charge in [0.05, 0.1) is 23.8 Å². The maximum Gasteiger partial charge on any atom is 0.312 e. The lowest BCUT2D eigenvalue weighted by Gasteiger charge is -2.31. The minimum absolute atomic E-state index is 0.138. The number of piperidine rings is 1. The number of carbonyl (C=O) groups is 1. The van der Waals surface area contributed by atoms with Crippen molar-refractivity contribution in [2.45, 2.75) is 46.0 Å². The van der Waals surface area contributed by atoms with Crippen molar-refractivity contribution in [3.63, 3.8) is 0 Å². The van der Waals surface area contributed by atoms with Crippen LogP contribution in [0.15, 0.2) is 48.5 Å². The van der Waals surface area contributed by atoms with Gasteiger partial charge in [0, 0.05) is 32.3 Å². The molecule has 1 saturated heterocycles. The van der Waals surface area contributed by atoms with Gasteiger partial charge in [-0.25, -0.2) is 4.98 Å². The van der Waals surface area contributed by atoms with Crippen LogP contribution in [0.1, 0.15) is 34.2 Å². The molecule has 6 rings (SSSR count). The molecule has 3 aromatic rings. The van der Waals surface area contributed by atoms with E-state index < -0.39 is 11.4 Å². The second-order valence-corrected chi connectivity index (χ2v) is 10.6. The minimum atomic E-state index is -0.731. The number of hydrogen-bond acceptors (Lipinski definition) is 6. The normalized spacial score (nSPS) is 23.6. The van der Waals surface area contributed by atoms with Crippen molar-refractivity contribution in [1.29, 1.82) is 0 Å². The van der Waals surface area contributed by atoms with Gasteiger partial charge < -0.3 is 24.8 Å². The fourth-order valence-corrected chi connectivity index (χ4v) is 6.40. The molecule has 37 heavy (non-hydrogen) atoms. The number of hydrogen-bond donors (Lipinski definition) is 2. The predicted molar refractivity (Wildman–Crippen MR) is 142 cm³/mol. The van der Waals surface area contributed by atoms with Crippen molar-refractivity contribution in [1.82, 2.24) is 10.3 Å². The van der Waals surface area contributed by atoms with Crippen molar-refractivity contribution in [3.8, 4) is 17.0 Å². The molecule has 2 fully saturated rings. The van der Waals surface area contributed by atoms with Crippen molar-refractivity contribution in [2.24, 2.45) is 11.3 Å². The average Bonchev–Trinajstić information content (AvgIpc) is 3.25. The van der Waals surface area contributed by atoms with Gasteiger partial charge in [-0.1, -0.05) is 30.3 Å². The third-order valence-electron chi connectivity index (χ3n) is 8.41. The van der Waals surface area contributed by atoms with Crippen LogP contribution in [0.2, 0.25) is 0 Å². The number of pyridine rings is 1. The van der Waals surface area contributed by atoms with Crippen LogP contribution in [-0.4, -0.2) is 42.4 Å². The van der Waals surface area contributed by atoms with Crippen LogP contribution < -0.4 is 15.0 Å². The summed E-state index contributed by atoms with van der Waals surface area (Å²) in [7, 11) is 1.63. The zero-order chi connectivity index (χ0) is 25.7. The van der Waals surface area contributed by atoms with E-state index in [1.54, 1.807) is 7.11 Å². The van der Waals surface area contributed by atoms with Gasteiger partial charge in [0.15, 0.2) is 0 Å². The fraction of sp³-hybridized carbons (Fsp3) is 0.400. The Morgan fingerprint density at radius 2 is 2.00 bits per heavy atom. The van der Waals surface area contributed by atoms with Gasteiger partial charge in [-0.2, -0.15) is 0 Å². The number of anilines is 1. The van der Waals surface area contributed by atoms with E-state index in [0.29, 0.717) is 26.2 Å². The Hall–Kier alpha value is -3.42. The van der Waals surface area contributed by atoms with E-state index in [9.17, 15) is 9.90 Å². The van der Waals surface area contributed by atoms with E-state index in [1.807, 2.05) is 30.3 Å². The number of aromatic nitrogens is 1. The molecular weight excluding hydrogens is 466 g/mol. The molecule has 2 aliphatic heterocycles. The van der Waals surface area contributed by atoms with E-state index in [4.69, 9.17) is 14.5 Å². The molecule has 7 heteroatoms. The highest BCUT2D eigenvalue weighted by atomic mass is 16.5. The van der Waals surface area contributed by atoms with Crippen LogP contribution in [0.25, 0.3) is 11.3 Å². The molecule has 192 valence electrons. The Bertz CT molecular complexity index is 1370. The number of carboxylic acids is 1. The lowest BCUT2D eigenvalue weighted by atomic mass is 9.97. The smallest absolute Gasteiger partial charge is 0.312 e. The number of rotatable bonds is 8. The summed E-state index contributed by atoms with van der Waals surface area (Å²) in [5.41, 5.74) is 7.28. The van der Waals surface area contributed by atoms with Crippen molar-refractivity contribution in [2.75, 3.05) is 25.2 Å². The molecule has 0 radical (unpaired) electrons. The predicted octanol–water partition coefficient (Wildman–Crippen LogP) is 4.47. The summed E-state index contributed by atoms with van der Waals surface area (Å²) in [5, 5.41) is 13.4. The number of benzene rings is 2. The molecule has 0 bridgehead atoms. The fourth-order valence-electron chi connectivity index (χ4n) is 6.40. The van der Waals surface area contributed by atoms with Crippen LogP contribution in [-0.2, 0) is 29.2 Å². The number of methoxy groups -OCH3 is 1. The number of fused-ring (bicyclic) bond motifs is 2. The number of carboxylic acid groups (broad SMARTS) is 1. The second kappa shape index (κ2) is 9.15. The number of nitrogens with one attached hydrogen (secondary N) is 1. The van der Waals surface area contributed by atoms with Gasteiger partial charge in [-0.05, 0) is 72.2 Å². The highest BCUT2D eigenvalue weighted by Gasteiger charge is 2.71. The highest BCUT2D eigenvalue weighted by molar-refractivity contribution is 5.82. The largest absolute Gasteiger partial charge is 0.488 e. The summed E-state index contributed by atoms with van der Waals surface area (Å²) in [6.45, 7) is 7.58. The van der Waals surface area contributed by atoms with Gasteiger partial charge in [-0.15, -0.1) is 0 Å². The molecule has 3 atom stereocenters. The zero-order valence-electron chi connectivity index (χ0n) is 21.6. The van der Waals surface area contributed by atoms with Crippen LogP contribution in [0.4, 0.5) is 5.82 Å². The first-order chi connectivity index (χ1) is 17.9. The maximum atomic E-state index is 12.1. The van der Waals surface area contributed by atoms with Crippen LogP contribution in [0, 0.1) is 25.2 Å². The first-order valence-corrected chi connectivity index (χ1v) is 12.9. The van der Waals surface area contributed by atoms with E-state index >= 15 is 0 Å². The van der Waals surface area contributed by atoms with Crippen molar-refractivity contribution < 1.29 is 19.4 Å². The summed E-state index contributed by atoms with van der Waals surface area (Å²) in [4.78, 5) is 19.3. The third kappa shape index (κ3) is 3.97. The molecular formula is C30H33N3O4. The Morgan fingerprint density at radius 1 is 1.16 bits per heavy atom. The summed E-state index contributed by atoms with van der Waals surface area (Å²) >= 11 is 0. The monoisotopic (exact) mass is 499 g/mol. The second-order valence-electron chi connectivity index (χ2n) is 10.6. The maximum absolute atomic E-state index is 12.1. The number of aryl methyl sites for hydroxylation is 2. The molecule has 0 unspecified atom stereocenters. The molecule has 7 nitrogen and oxygen atoms in total. The SMILES string of the molecule is COC[C@H]1N(c2cccc(-c3cccc(C)c3OCc3cc(C)c4c(c3)CNC4)n2)C[C@@H]2C[C@@]21C(=O)O. The minimum Gasteiger partial charge on any atom is -0.488 e. The molecule has 0 amide bonds. The molecule has 1 aromatic heterocycles. The first kappa shape index (κ1) is 23.9. The number of aliphatic carboxylic acids is 1. The number of para-hydroxylation sites is 1.